The highest BCUT2D eigenvalue weighted by atomic mass is 16.6. The van der Waals surface area contributed by atoms with Gasteiger partial charge in [-0.2, -0.15) is 0 Å². The van der Waals surface area contributed by atoms with Gasteiger partial charge in [0.05, 0.1) is 18.8 Å². The summed E-state index contributed by atoms with van der Waals surface area (Å²) in [6, 6.07) is 1.94. The molecule has 1 aromatic heterocycles. The molecule has 2 heterocycles. The van der Waals surface area contributed by atoms with Crippen molar-refractivity contribution in [2.45, 2.75) is 31.8 Å². The highest BCUT2D eigenvalue weighted by molar-refractivity contribution is 5.99. The summed E-state index contributed by atoms with van der Waals surface area (Å²) < 4.78 is 10.8. The van der Waals surface area contributed by atoms with Gasteiger partial charge in [0.15, 0.2) is 5.84 Å². The number of hydrogen-bond donors (Lipinski definition) is 2. The Hall–Kier alpha value is -1.82. The van der Waals surface area contributed by atoms with Crippen LogP contribution in [-0.2, 0) is 17.6 Å². The zero-order valence-corrected chi connectivity index (χ0v) is 10.6. The molecule has 0 aromatic carbocycles. The molecule has 0 bridgehead atoms. The van der Waals surface area contributed by atoms with Crippen LogP contribution in [0.5, 0.6) is 5.88 Å². The lowest BCUT2D eigenvalue weighted by atomic mass is 9.95. The standard InChI is InChI=1S/C13H17N3O3/c14-12(16-17)10-5-8-3-1-2-4-11(8)15-13(10)19-9-6-18-7-9/h5,9,17H,1-4,6-7H2,(H2,14,16). The summed E-state index contributed by atoms with van der Waals surface area (Å²) >= 11 is 0. The molecule has 0 atom stereocenters. The Morgan fingerprint density at radius 1 is 1.42 bits per heavy atom. The molecule has 1 aliphatic carbocycles. The maximum Gasteiger partial charge on any atom is 0.225 e. The maximum atomic E-state index is 8.88. The Bertz CT molecular complexity index is 512. The number of hydrogen-bond acceptors (Lipinski definition) is 5. The van der Waals surface area contributed by atoms with E-state index in [1.807, 2.05) is 6.07 Å². The fourth-order valence-electron chi connectivity index (χ4n) is 2.38. The van der Waals surface area contributed by atoms with Crippen molar-refractivity contribution in [2.24, 2.45) is 10.9 Å². The second-order valence-electron chi connectivity index (χ2n) is 4.92. The number of oxime groups is 1. The van der Waals surface area contributed by atoms with Crippen LogP contribution in [0.4, 0.5) is 0 Å². The Kier molecular flexibility index (Phi) is 3.25. The number of nitrogens with two attached hydrogens (primary N) is 1. The summed E-state index contributed by atoms with van der Waals surface area (Å²) in [6.45, 7) is 1.13. The lowest BCUT2D eigenvalue weighted by Gasteiger charge is -2.28. The van der Waals surface area contributed by atoms with E-state index in [0.29, 0.717) is 24.7 Å². The van der Waals surface area contributed by atoms with Crippen LogP contribution in [0, 0.1) is 0 Å². The topological polar surface area (TPSA) is 90.0 Å². The zero-order chi connectivity index (χ0) is 13.2. The van der Waals surface area contributed by atoms with Crippen molar-refractivity contribution in [1.29, 1.82) is 0 Å². The lowest BCUT2D eigenvalue weighted by Crippen LogP contribution is -2.39. The van der Waals surface area contributed by atoms with Gasteiger partial charge in [-0.3, -0.25) is 0 Å². The first kappa shape index (κ1) is 12.2. The molecule has 0 radical (unpaired) electrons. The fourth-order valence-corrected chi connectivity index (χ4v) is 2.38. The largest absolute Gasteiger partial charge is 0.469 e. The summed E-state index contributed by atoms with van der Waals surface area (Å²) in [6.07, 6.45) is 4.26. The maximum absolute atomic E-state index is 8.88. The van der Waals surface area contributed by atoms with Gasteiger partial charge in [-0.15, -0.1) is 0 Å². The molecule has 0 spiro atoms. The first-order valence-electron chi connectivity index (χ1n) is 6.53. The molecule has 3 N–H and O–H groups in total. The minimum Gasteiger partial charge on any atom is -0.469 e. The number of fused-ring (bicyclic) bond motifs is 1. The van der Waals surface area contributed by atoms with E-state index >= 15 is 0 Å². The molecule has 0 unspecified atom stereocenters. The third-order valence-electron chi connectivity index (χ3n) is 3.54. The third-order valence-corrected chi connectivity index (χ3v) is 3.54. The van der Waals surface area contributed by atoms with Crippen LogP contribution in [0.1, 0.15) is 29.7 Å². The SMILES string of the molecule is N/C(=N/O)c1cc2c(nc1OC1COC1)CCCC2. The summed E-state index contributed by atoms with van der Waals surface area (Å²) in [4.78, 5) is 4.55. The molecule has 0 saturated carbocycles. The van der Waals surface area contributed by atoms with Gasteiger partial charge < -0.3 is 20.4 Å². The van der Waals surface area contributed by atoms with Crippen LogP contribution >= 0.6 is 0 Å². The van der Waals surface area contributed by atoms with Crippen LogP contribution in [0.2, 0.25) is 0 Å². The number of amidine groups is 1. The van der Waals surface area contributed by atoms with E-state index in [2.05, 4.69) is 10.1 Å². The van der Waals surface area contributed by atoms with Gasteiger partial charge in [0.2, 0.25) is 5.88 Å². The minimum absolute atomic E-state index is 0.0133. The Morgan fingerprint density at radius 3 is 2.89 bits per heavy atom. The molecular weight excluding hydrogens is 246 g/mol. The van der Waals surface area contributed by atoms with Crippen molar-refractivity contribution in [3.05, 3.63) is 22.9 Å². The fraction of sp³-hybridized carbons (Fsp3) is 0.538. The summed E-state index contributed by atoms with van der Waals surface area (Å²) in [5.41, 5.74) is 8.51. The first-order valence-corrected chi connectivity index (χ1v) is 6.53. The highest BCUT2D eigenvalue weighted by Crippen LogP contribution is 2.27. The molecule has 102 valence electrons. The first-order chi connectivity index (χ1) is 9.28. The molecule has 1 aliphatic heterocycles. The van der Waals surface area contributed by atoms with Crippen LogP contribution in [0.15, 0.2) is 11.2 Å². The number of aromatic nitrogens is 1. The summed E-state index contributed by atoms with van der Waals surface area (Å²) in [5, 5.41) is 11.9. The van der Waals surface area contributed by atoms with Gasteiger partial charge in [0.25, 0.3) is 0 Å². The van der Waals surface area contributed by atoms with Crippen LogP contribution in [-0.4, -0.2) is 35.3 Å². The van der Waals surface area contributed by atoms with E-state index in [1.54, 1.807) is 0 Å². The monoisotopic (exact) mass is 263 g/mol. The predicted octanol–water partition coefficient (Wildman–Crippen LogP) is 0.832. The van der Waals surface area contributed by atoms with Crippen LogP contribution in [0.25, 0.3) is 0 Å². The van der Waals surface area contributed by atoms with Crippen molar-refractivity contribution < 1.29 is 14.7 Å². The van der Waals surface area contributed by atoms with Gasteiger partial charge in [-0.05, 0) is 37.3 Å². The van der Waals surface area contributed by atoms with Gasteiger partial charge in [0, 0.05) is 5.69 Å². The Balaban J connectivity index is 1.97. The van der Waals surface area contributed by atoms with Crippen molar-refractivity contribution in [3.8, 4) is 5.88 Å². The van der Waals surface area contributed by atoms with Gasteiger partial charge in [-0.1, -0.05) is 5.16 Å². The third kappa shape index (κ3) is 2.35. The molecule has 19 heavy (non-hydrogen) atoms. The van der Waals surface area contributed by atoms with Crippen molar-refractivity contribution >= 4 is 5.84 Å². The summed E-state index contributed by atoms with van der Waals surface area (Å²) in [7, 11) is 0. The Labute approximate surface area is 111 Å². The molecule has 6 nitrogen and oxygen atoms in total. The zero-order valence-electron chi connectivity index (χ0n) is 10.6. The van der Waals surface area contributed by atoms with Crippen molar-refractivity contribution in [2.75, 3.05) is 13.2 Å². The van der Waals surface area contributed by atoms with Gasteiger partial charge >= 0.3 is 0 Å². The smallest absolute Gasteiger partial charge is 0.225 e. The van der Waals surface area contributed by atoms with Crippen LogP contribution in [0.3, 0.4) is 0 Å². The highest BCUT2D eigenvalue weighted by Gasteiger charge is 2.25. The lowest BCUT2D eigenvalue weighted by molar-refractivity contribution is -0.0814. The Morgan fingerprint density at radius 2 is 2.21 bits per heavy atom. The molecule has 6 heteroatoms. The number of ether oxygens (including phenoxy) is 2. The van der Waals surface area contributed by atoms with Crippen molar-refractivity contribution in [1.82, 2.24) is 4.98 Å². The number of pyridine rings is 1. The minimum atomic E-state index is 0.0133. The summed E-state index contributed by atoms with van der Waals surface area (Å²) in [5.74, 6) is 0.486. The second-order valence-corrected chi connectivity index (χ2v) is 4.92. The van der Waals surface area contributed by atoms with E-state index in [9.17, 15) is 0 Å². The second kappa shape index (κ2) is 5.05. The predicted molar refractivity (Wildman–Crippen MR) is 68.6 cm³/mol. The molecule has 3 rings (SSSR count). The quantitative estimate of drug-likeness (QED) is 0.365. The number of aryl methyl sites for hydroxylation is 2. The average Bonchev–Trinajstić information content (AvgIpc) is 2.41. The number of rotatable bonds is 3. The van der Waals surface area contributed by atoms with E-state index in [-0.39, 0.29) is 11.9 Å². The molecule has 2 aliphatic rings. The average molecular weight is 263 g/mol. The normalized spacial score (nSPS) is 19.7. The number of nitrogens with zero attached hydrogens (tertiary/aromatic N) is 2. The van der Waals surface area contributed by atoms with E-state index in [4.69, 9.17) is 20.4 Å². The van der Waals surface area contributed by atoms with E-state index < -0.39 is 0 Å². The molecule has 1 aromatic rings. The molecular formula is C13H17N3O3. The van der Waals surface area contributed by atoms with Crippen molar-refractivity contribution in [3.63, 3.8) is 0 Å². The molecule has 0 amide bonds. The molecule has 1 saturated heterocycles. The van der Waals surface area contributed by atoms with Crippen LogP contribution < -0.4 is 10.5 Å². The molecule has 1 fully saturated rings. The van der Waals surface area contributed by atoms with E-state index in [1.165, 1.54) is 5.56 Å². The van der Waals surface area contributed by atoms with Gasteiger partial charge in [0.1, 0.15) is 6.10 Å². The van der Waals surface area contributed by atoms with Gasteiger partial charge in [-0.25, -0.2) is 4.98 Å². The van der Waals surface area contributed by atoms with E-state index in [0.717, 1.165) is 31.4 Å².